The fourth-order valence-corrected chi connectivity index (χ4v) is 4.72. The Morgan fingerprint density at radius 3 is 2.92 bits per heavy atom. The van der Waals surface area contributed by atoms with E-state index in [2.05, 4.69) is 33.8 Å². The molecule has 0 atom stereocenters. The van der Waals surface area contributed by atoms with Crippen LogP contribution in [-0.2, 0) is 24.2 Å². The first kappa shape index (κ1) is 15.0. The third-order valence-electron chi connectivity index (χ3n) is 5.16. The molecule has 0 bridgehead atoms. The molecule has 0 N–H and O–H groups in total. The third-order valence-corrected chi connectivity index (χ3v) is 6.13. The standard InChI is InChI=1S/C20H19N3OS/c24-19(13-25-16-9-8-14-4-3-5-15(14)12-16)23-11-10-22-18-7-2-1-6-17(18)21-20(22)23/h1-2,6-9,12H,3-5,10-11,13H2. The number of nitrogens with zero attached hydrogens (tertiary/aromatic N) is 3. The number of thioether (sulfide) groups is 1. The SMILES string of the molecule is O=C(CSc1ccc2c(c1)CCC2)N1CCn2c1nc1ccccc12. The number of benzene rings is 2. The van der Waals surface area contributed by atoms with Crippen molar-refractivity contribution in [3.63, 3.8) is 0 Å². The first-order chi connectivity index (χ1) is 12.3. The van der Waals surface area contributed by atoms with E-state index >= 15 is 0 Å². The van der Waals surface area contributed by atoms with Gasteiger partial charge in [-0.15, -0.1) is 11.8 Å². The van der Waals surface area contributed by atoms with Gasteiger partial charge in [-0.1, -0.05) is 18.2 Å². The molecule has 126 valence electrons. The molecule has 1 aliphatic heterocycles. The van der Waals surface area contributed by atoms with Crippen molar-refractivity contribution in [2.75, 3.05) is 17.2 Å². The summed E-state index contributed by atoms with van der Waals surface area (Å²) in [5.41, 5.74) is 5.00. The van der Waals surface area contributed by atoms with E-state index in [4.69, 9.17) is 0 Å². The number of para-hydroxylation sites is 2. The molecule has 2 aromatic carbocycles. The number of rotatable bonds is 3. The molecular formula is C20H19N3OS. The highest BCUT2D eigenvalue weighted by molar-refractivity contribution is 8.00. The maximum Gasteiger partial charge on any atom is 0.239 e. The first-order valence-electron chi connectivity index (χ1n) is 8.80. The van der Waals surface area contributed by atoms with Gasteiger partial charge in [0.05, 0.1) is 16.8 Å². The van der Waals surface area contributed by atoms with Gasteiger partial charge in [0, 0.05) is 18.0 Å². The number of hydrogen-bond donors (Lipinski definition) is 0. The summed E-state index contributed by atoms with van der Waals surface area (Å²) in [5, 5.41) is 0. The molecular weight excluding hydrogens is 330 g/mol. The smallest absolute Gasteiger partial charge is 0.239 e. The van der Waals surface area contributed by atoms with E-state index in [1.54, 1.807) is 11.8 Å². The Kier molecular flexibility index (Phi) is 3.55. The van der Waals surface area contributed by atoms with Crippen molar-refractivity contribution in [1.29, 1.82) is 0 Å². The Bertz CT molecular complexity index is 978. The van der Waals surface area contributed by atoms with Gasteiger partial charge in [-0.3, -0.25) is 9.69 Å². The average molecular weight is 349 g/mol. The second-order valence-corrected chi connectivity index (χ2v) is 7.72. The number of aryl methyl sites for hydroxylation is 2. The highest BCUT2D eigenvalue weighted by Crippen LogP contribution is 2.30. The molecule has 0 fully saturated rings. The zero-order valence-electron chi connectivity index (χ0n) is 13.9. The minimum atomic E-state index is 0.138. The van der Waals surface area contributed by atoms with Crippen LogP contribution in [0, 0.1) is 0 Å². The minimum absolute atomic E-state index is 0.138. The van der Waals surface area contributed by atoms with Crippen molar-refractivity contribution >= 4 is 34.7 Å². The normalized spacial score (nSPS) is 15.6. The number of amides is 1. The zero-order valence-corrected chi connectivity index (χ0v) is 14.8. The van der Waals surface area contributed by atoms with E-state index in [1.807, 2.05) is 23.1 Å². The Morgan fingerprint density at radius 2 is 1.96 bits per heavy atom. The van der Waals surface area contributed by atoms with E-state index in [0.717, 1.165) is 30.1 Å². The Hall–Kier alpha value is -2.27. The number of fused-ring (bicyclic) bond motifs is 4. The van der Waals surface area contributed by atoms with Crippen molar-refractivity contribution in [3.05, 3.63) is 53.6 Å². The number of hydrogen-bond acceptors (Lipinski definition) is 3. The summed E-state index contributed by atoms with van der Waals surface area (Å²) in [6.07, 6.45) is 3.63. The maximum atomic E-state index is 12.7. The topological polar surface area (TPSA) is 38.1 Å². The highest BCUT2D eigenvalue weighted by Gasteiger charge is 2.28. The molecule has 2 aliphatic rings. The van der Waals surface area contributed by atoms with Crippen LogP contribution < -0.4 is 4.90 Å². The van der Waals surface area contributed by atoms with Crippen LogP contribution in [0.4, 0.5) is 5.95 Å². The number of imidazole rings is 1. The van der Waals surface area contributed by atoms with Crippen molar-refractivity contribution in [2.45, 2.75) is 30.7 Å². The average Bonchev–Trinajstić information content (AvgIpc) is 3.33. The van der Waals surface area contributed by atoms with Crippen LogP contribution in [0.25, 0.3) is 11.0 Å². The van der Waals surface area contributed by atoms with E-state index in [-0.39, 0.29) is 5.91 Å². The van der Waals surface area contributed by atoms with Crippen LogP contribution in [0.2, 0.25) is 0 Å². The molecule has 0 saturated heterocycles. The zero-order chi connectivity index (χ0) is 16.8. The van der Waals surface area contributed by atoms with Gasteiger partial charge >= 0.3 is 0 Å². The van der Waals surface area contributed by atoms with Crippen LogP contribution in [0.15, 0.2) is 47.4 Å². The quantitative estimate of drug-likeness (QED) is 0.677. The lowest BCUT2D eigenvalue weighted by atomic mass is 10.1. The molecule has 1 aliphatic carbocycles. The van der Waals surface area contributed by atoms with Crippen molar-refractivity contribution < 1.29 is 4.79 Å². The summed E-state index contributed by atoms with van der Waals surface area (Å²) < 4.78 is 2.15. The molecule has 1 aromatic heterocycles. The first-order valence-corrected chi connectivity index (χ1v) is 9.78. The van der Waals surface area contributed by atoms with Gasteiger partial charge in [-0.2, -0.15) is 0 Å². The summed E-state index contributed by atoms with van der Waals surface area (Å²) in [6, 6.07) is 14.7. The number of carbonyl (C=O) groups is 1. The van der Waals surface area contributed by atoms with Gasteiger partial charge in [0.1, 0.15) is 0 Å². The number of aromatic nitrogens is 2. The van der Waals surface area contributed by atoms with Crippen molar-refractivity contribution in [3.8, 4) is 0 Å². The second kappa shape index (κ2) is 5.92. The predicted molar refractivity (Wildman–Crippen MR) is 101 cm³/mol. The van der Waals surface area contributed by atoms with Gasteiger partial charge in [0.15, 0.2) is 0 Å². The van der Waals surface area contributed by atoms with Crippen molar-refractivity contribution in [2.24, 2.45) is 0 Å². The molecule has 3 aromatic rings. The summed E-state index contributed by atoms with van der Waals surface area (Å²) >= 11 is 1.63. The second-order valence-electron chi connectivity index (χ2n) is 6.67. The summed E-state index contributed by atoms with van der Waals surface area (Å²) in [6.45, 7) is 1.54. The summed E-state index contributed by atoms with van der Waals surface area (Å²) in [7, 11) is 0. The van der Waals surface area contributed by atoms with Crippen LogP contribution >= 0.6 is 11.8 Å². The Labute approximate surface area is 150 Å². The molecule has 1 amide bonds. The van der Waals surface area contributed by atoms with Crippen LogP contribution in [0.1, 0.15) is 17.5 Å². The Morgan fingerprint density at radius 1 is 1.08 bits per heavy atom. The number of anilines is 1. The summed E-state index contributed by atoms with van der Waals surface area (Å²) in [4.78, 5) is 20.4. The molecule has 2 heterocycles. The summed E-state index contributed by atoms with van der Waals surface area (Å²) in [5.74, 6) is 1.39. The van der Waals surface area contributed by atoms with Crippen LogP contribution in [0.5, 0.6) is 0 Å². The fourth-order valence-electron chi connectivity index (χ4n) is 3.89. The minimum Gasteiger partial charge on any atom is -0.308 e. The molecule has 25 heavy (non-hydrogen) atoms. The molecule has 4 nitrogen and oxygen atoms in total. The molecule has 0 unspecified atom stereocenters. The van der Waals surface area contributed by atoms with Gasteiger partial charge < -0.3 is 4.57 Å². The van der Waals surface area contributed by atoms with E-state index in [0.29, 0.717) is 5.75 Å². The monoisotopic (exact) mass is 349 g/mol. The largest absolute Gasteiger partial charge is 0.308 e. The number of carbonyl (C=O) groups excluding carboxylic acids is 1. The third kappa shape index (κ3) is 2.54. The molecule has 0 saturated carbocycles. The van der Waals surface area contributed by atoms with E-state index in [9.17, 15) is 4.79 Å². The van der Waals surface area contributed by atoms with E-state index < -0.39 is 0 Å². The highest BCUT2D eigenvalue weighted by atomic mass is 32.2. The lowest BCUT2D eigenvalue weighted by molar-refractivity contribution is -0.116. The van der Waals surface area contributed by atoms with Crippen LogP contribution in [-0.4, -0.2) is 27.8 Å². The van der Waals surface area contributed by atoms with Gasteiger partial charge in [-0.25, -0.2) is 4.98 Å². The lowest BCUT2D eigenvalue weighted by Crippen LogP contribution is -2.30. The van der Waals surface area contributed by atoms with Crippen molar-refractivity contribution in [1.82, 2.24) is 9.55 Å². The van der Waals surface area contributed by atoms with Gasteiger partial charge in [-0.05, 0) is 54.7 Å². The molecule has 0 spiro atoms. The molecule has 5 heteroatoms. The fraction of sp³-hybridized carbons (Fsp3) is 0.300. The Balaban J connectivity index is 1.33. The van der Waals surface area contributed by atoms with Gasteiger partial charge in [0.25, 0.3) is 0 Å². The van der Waals surface area contributed by atoms with E-state index in [1.165, 1.54) is 35.3 Å². The maximum absolute atomic E-state index is 12.7. The predicted octanol–water partition coefficient (Wildman–Crippen LogP) is 3.66. The lowest BCUT2D eigenvalue weighted by Gasteiger charge is -2.13. The molecule has 5 rings (SSSR count). The van der Waals surface area contributed by atoms with Crippen LogP contribution in [0.3, 0.4) is 0 Å². The molecule has 0 radical (unpaired) electrons. The van der Waals surface area contributed by atoms with Gasteiger partial charge in [0.2, 0.25) is 11.9 Å².